The number of rotatable bonds is 3. The van der Waals surface area contributed by atoms with Crippen molar-refractivity contribution in [1.82, 2.24) is 4.98 Å². The topological polar surface area (TPSA) is 77.2 Å². The molecule has 0 atom stereocenters. The second kappa shape index (κ2) is 6.39. The number of hydrogen-bond acceptors (Lipinski definition) is 5. The Labute approximate surface area is 136 Å². The molecule has 0 saturated heterocycles. The molecular weight excluding hydrogens is 337 g/mol. The van der Waals surface area contributed by atoms with Crippen LogP contribution in [0.3, 0.4) is 0 Å². The van der Waals surface area contributed by atoms with Crippen LogP contribution in [0.25, 0.3) is 0 Å². The number of benzene rings is 1. The molecule has 0 aliphatic rings. The van der Waals surface area contributed by atoms with Gasteiger partial charge in [0, 0.05) is 0 Å². The van der Waals surface area contributed by atoms with Crippen LogP contribution in [0.5, 0.6) is 0 Å². The smallest absolute Gasteiger partial charge is 0.341 e. The molecule has 0 bridgehead atoms. The third-order valence-electron chi connectivity index (χ3n) is 2.58. The third-order valence-corrected chi connectivity index (χ3v) is 3.61. The number of aromatic nitrogens is 1. The molecule has 0 unspecified atom stereocenters. The molecule has 0 aliphatic carbocycles. The summed E-state index contributed by atoms with van der Waals surface area (Å²) < 4.78 is 4.69. The first-order chi connectivity index (χ1) is 9.92. The van der Waals surface area contributed by atoms with Crippen LogP contribution < -0.4 is 11.1 Å². The molecule has 3 N–H and O–H groups in total. The van der Waals surface area contributed by atoms with E-state index in [0.717, 1.165) is 0 Å². The summed E-state index contributed by atoms with van der Waals surface area (Å²) in [5.74, 6) is -0.329. The number of carbonyl (C=O) groups is 1. The summed E-state index contributed by atoms with van der Waals surface area (Å²) >= 11 is 17.9. The number of halogens is 3. The van der Waals surface area contributed by atoms with Crippen molar-refractivity contribution in [2.45, 2.75) is 0 Å². The highest BCUT2D eigenvalue weighted by Crippen LogP contribution is 2.34. The molecule has 0 radical (unpaired) electrons. The molecule has 21 heavy (non-hydrogen) atoms. The van der Waals surface area contributed by atoms with Crippen LogP contribution >= 0.6 is 34.8 Å². The van der Waals surface area contributed by atoms with E-state index < -0.39 is 5.97 Å². The molecule has 1 aromatic carbocycles. The number of nitrogens with two attached hydrogens (primary N) is 1. The molecule has 1 heterocycles. The minimum Gasteiger partial charge on any atom is -0.465 e. The van der Waals surface area contributed by atoms with Crippen LogP contribution in [0, 0.1) is 0 Å². The lowest BCUT2D eigenvalue weighted by molar-refractivity contribution is 0.0601. The highest BCUT2D eigenvalue weighted by atomic mass is 35.5. The maximum absolute atomic E-state index is 11.7. The zero-order valence-corrected chi connectivity index (χ0v) is 13.1. The largest absolute Gasteiger partial charge is 0.465 e. The fourth-order valence-corrected chi connectivity index (χ4v) is 2.19. The van der Waals surface area contributed by atoms with Gasteiger partial charge in [0.1, 0.15) is 11.4 Å². The summed E-state index contributed by atoms with van der Waals surface area (Å²) in [6, 6.07) is 4.47. The summed E-state index contributed by atoms with van der Waals surface area (Å²) in [5.41, 5.74) is 6.59. The quantitative estimate of drug-likeness (QED) is 0.645. The van der Waals surface area contributed by atoms with Gasteiger partial charge in [-0.3, -0.25) is 0 Å². The van der Waals surface area contributed by atoms with E-state index in [9.17, 15) is 4.79 Å². The van der Waals surface area contributed by atoms with E-state index in [4.69, 9.17) is 40.5 Å². The standard InChI is InChI=1S/C13H10Cl3N3O2/c1-21-13(20)7-2-6(17)5-18-12(7)19-11-4-9(15)8(14)3-10(11)16/h2-5H,17H2,1H3,(H,18,19). The van der Waals surface area contributed by atoms with Crippen LogP contribution in [0.4, 0.5) is 17.2 Å². The second-order valence-corrected chi connectivity index (χ2v) is 5.25. The number of carbonyl (C=O) groups excluding carboxylic acids is 1. The predicted molar refractivity (Wildman–Crippen MR) is 84.7 cm³/mol. The number of methoxy groups -OCH3 is 1. The van der Waals surface area contributed by atoms with Gasteiger partial charge in [0.05, 0.1) is 39.7 Å². The van der Waals surface area contributed by atoms with E-state index in [2.05, 4.69) is 15.0 Å². The number of esters is 1. The third kappa shape index (κ3) is 3.50. The number of hydrogen-bond donors (Lipinski definition) is 2. The Kier molecular flexibility index (Phi) is 4.77. The molecule has 0 saturated carbocycles. The molecule has 5 nitrogen and oxygen atoms in total. The Balaban J connectivity index is 2.44. The van der Waals surface area contributed by atoms with Crippen molar-refractivity contribution in [2.24, 2.45) is 0 Å². The molecule has 0 fully saturated rings. The van der Waals surface area contributed by atoms with E-state index in [1.165, 1.54) is 31.5 Å². The molecular formula is C13H10Cl3N3O2. The fraction of sp³-hybridized carbons (Fsp3) is 0.0769. The van der Waals surface area contributed by atoms with Gasteiger partial charge in [0.15, 0.2) is 0 Å². The summed E-state index contributed by atoms with van der Waals surface area (Å²) in [7, 11) is 1.27. The summed E-state index contributed by atoms with van der Waals surface area (Å²) in [4.78, 5) is 15.8. The van der Waals surface area contributed by atoms with Crippen LogP contribution in [0.15, 0.2) is 24.4 Å². The van der Waals surface area contributed by atoms with Gasteiger partial charge in [-0.2, -0.15) is 0 Å². The first-order valence-electron chi connectivity index (χ1n) is 5.67. The molecule has 2 rings (SSSR count). The lowest BCUT2D eigenvalue weighted by atomic mass is 10.2. The van der Waals surface area contributed by atoms with Crippen molar-refractivity contribution in [3.8, 4) is 0 Å². The Morgan fingerprint density at radius 1 is 1.19 bits per heavy atom. The van der Waals surface area contributed by atoms with Crippen LogP contribution in [0.2, 0.25) is 15.1 Å². The molecule has 8 heteroatoms. The highest BCUT2D eigenvalue weighted by molar-refractivity contribution is 6.44. The van der Waals surface area contributed by atoms with Gasteiger partial charge in [0.25, 0.3) is 0 Å². The van der Waals surface area contributed by atoms with Crippen LogP contribution in [-0.2, 0) is 4.74 Å². The molecule has 2 aromatic rings. The Hall–Kier alpha value is -1.69. The number of nitrogen functional groups attached to an aromatic ring is 1. The summed E-state index contributed by atoms with van der Waals surface area (Å²) in [5, 5.41) is 3.88. The zero-order valence-electron chi connectivity index (χ0n) is 10.8. The molecule has 1 aromatic heterocycles. The van der Waals surface area contributed by atoms with Gasteiger partial charge >= 0.3 is 5.97 Å². The van der Waals surface area contributed by atoms with Crippen molar-refractivity contribution in [2.75, 3.05) is 18.2 Å². The number of anilines is 3. The van der Waals surface area contributed by atoms with Gasteiger partial charge in [-0.05, 0) is 18.2 Å². The molecule has 0 aliphatic heterocycles. The average molecular weight is 347 g/mol. The van der Waals surface area contributed by atoms with E-state index >= 15 is 0 Å². The van der Waals surface area contributed by atoms with Gasteiger partial charge in [-0.15, -0.1) is 0 Å². The first-order valence-corrected chi connectivity index (χ1v) is 6.81. The van der Waals surface area contributed by atoms with Crippen molar-refractivity contribution in [3.63, 3.8) is 0 Å². The Morgan fingerprint density at radius 2 is 1.86 bits per heavy atom. The summed E-state index contributed by atoms with van der Waals surface area (Å²) in [6.07, 6.45) is 1.40. The number of ether oxygens (including phenoxy) is 1. The van der Waals surface area contributed by atoms with Crippen molar-refractivity contribution in [1.29, 1.82) is 0 Å². The Morgan fingerprint density at radius 3 is 2.52 bits per heavy atom. The first kappa shape index (κ1) is 15.7. The van der Waals surface area contributed by atoms with Crippen LogP contribution in [0.1, 0.15) is 10.4 Å². The number of pyridine rings is 1. The van der Waals surface area contributed by atoms with Gasteiger partial charge < -0.3 is 15.8 Å². The van der Waals surface area contributed by atoms with Gasteiger partial charge in [-0.1, -0.05) is 34.8 Å². The maximum atomic E-state index is 11.7. The average Bonchev–Trinajstić information content (AvgIpc) is 2.45. The van der Waals surface area contributed by atoms with E-state index in [0.29, 0.717) is 26.4 Å². The van der Waals surface area contributed by atoms with Crippen molar-refractivity contribution < 1.29 is 9.53 Å². The number of nitrogens with zero attached hydrogens (tertiary/aromatic N) is 1. The Bertz CT molecular complexity index is 707. The lowest BCUT2D eigenvalue weighted by Gasteiger charge is -2.12. The van der Waals surface area contributed by atoms with Crippen molar-refractivity contribution in [3.05, 3.63) is 45.0 Å². The predicted octanol–water partition coefficient (Wildman–Crippen LogP) is 4.15. The van der Waals surface area contributed by atoms with Gasteiger partial charge in [0.2, 0.25) is 0 Å². The minimum absolute atomic E-state index is 0.180. The molecule has 110 valence electrons. The summed E-state index contributed by atoms with van der Waals surface area (Å²) in [6.45, 7) is 0. The number of nitrogens with one attached hydrogen (secondary N) is 1. The zero-order chi connectivity index (χ0) is 15.6. The van der Waals surface area contributed by atoms with E-state index in [1.54, 1.807) is 0 Å². The fourth-order valence-electron chi connectivity index (χ4n) is 1.59. The van der Waals surface area contributed by atoms with E-state index in [1.807, 2.05) is 0 Å². The lowest BCUT2D eigenvalue weighted by Crippen LogP contribution is -2.08. The highest BCUT2D eigenvalue weighted by Gasteiger charge is 2.15. The van der Waals surface area contributed by atoms with Crippen molar-refractivity contribution >= 4 is 58.0 Å². The normalized spacial score (nSPS) is 10.3. The van der Waals surface area contributed by atoms with Crippen LogP contribution in [-0.4, -0.2) is 18.1 Å². The monoisotopic (exact) mass is 345 g/mol. The maximum Gasteiger partial charge on any atom is 0.341 e. The molecule has 0 amide bonds. The minimum atomic E-state index is -0.575. The molecule has 0 spiro atoms. The SMILES string of the molecule is COC(=O)c1cc(N)cnc1Nc1cc(Cl)c(Cl)cc1Cl. The van der Waals surface area contributed by atoms with E-state index in [-0.39, 0.29) is 11.4 Å². The second-order valence-electron chi connectivity index (χ2n) is 4.03. The van der Waals surface area contributed by atoms with Gasteiger partial charge in [-0.25, -0.2) is 9.78 Å².